The molecule has 0 fully saturated rings. The van der Waals surface area contributed by atoms with E-state index in [0.29, 0.717) is 12.3 Å². The van der Waals surface area contributed by atoms with Crippen molar-refractivity contribution in [1.29, 1.82) is 0 Å². The van der Waals surface area contributed by atoms with Crippen molar-refractivity contribution in [3.8, 4) is 11.1 Å². The number of hydrogen-bond acceptors (Lipinski definition) is 8. The number of hydrogen-bond donors (Lipinski definition) is 2. The molecule has 0 saturated heterocycles. The van der Waals surface area contributed by atoms with Crippen molar-refractivity contribution in [2.24, 2.45) is 0 Å². The van der Waals surface area contributed by atoms with Gasteiger partial charge >= 0.3 is 0 Å². The number of amides is 3. The zero-order valence-corrected chi connectivity index (χ0v) is 17.9. The number of carbonyl (C=O) groups excluding carboxylic acids is 3. The summed E-state index contributed by atoms with van der Waals surface area (Å²) in [5.41, 5.74) is 4.48. The summed E-state index contributed by atoms with van der Waals surface area (Å²) < 4.78 is 9.97. The number of rotatable bonds is 9. The van der Waals surface area contributed by atoms with Gasteiger partial charge in [-0.05, 0) is 34.9 Å². The van der Waals surface area contributed by atoms with E-state index in [9.17, 15) is 14.4 Å². The molecule has 166 valence electrons. The number of methoxy groups -OCH3 is 1. The summed E-state index contributed by atoms with van der Waals surface area (Å²) in [6, 6.07) is 11.3. The Kier molecular flexibility index (Phi) is 6.68. The van der Waals surface area contributed by atoms with Gasteiger partial charge in [-0.15, -0.1) is 4.33 Å². The fourth-order valence-electron chi connectivity index (χ4n) is 4.02. The average molecular weight is 456 g/mol. The number of ether oxygens (including phenoxy) is 1. The number of carbonyl (C=O) groups is 3. The lowest BCUT2D eigenvalue weighted by molar-refractivity contribution is -0.432. The van der Waals surface area contributed by atoms with E-state index in [1.54, 1.807) is 7.11 Å². The second-order valence-electron chi connectivity index (χ2n) is 7.21. The highest BCUT2D eigenvalue weighted by atomic mass is 32.2. The lowest BCUT2D eigenvalue weighted by Gasteiger charge is -2.15. The van der Waals surface area contributed by atoms with Crippen molar-refractivity contribution in [3.05, 3.63) is 59.7 Å². The van der Waals surface area contributed by atoms with Gasteiger partial charge < -0.3 is 10.1 Å². The van der Waals surface area contributed by atoms with Gasteiger partial charge in [-0.3, -0.25) is 19.3 Å². The highest BCUT2D eigenvalue weighted by molar-refractivity contribution is 7.94. The van der Waals surface area contributed by atoms with Crippen molar-refractivity contribution in [3.63, 3.8) is 0 Å². The van der Waals surface area contributed by atoms with Crippen LogP contribution < -0.4 is 5.32 Å². The predicted molar refractivity (Wildman–Crippen MR) is 115 cm³/mol. The molecule has 2 aliphatic rings. The highest BCUT2D eigenvalue weighted by Gasteiger charge is 2.31. The zero-order valence-electron chi connectivity index (χ0n) is 17.1. The number of imide groups is 1. The Morgan fingerprint density at radius 1 is 1.16 bits per heavy atom. The van der Waals surface area contributed by atoms with Crippen LogP contribution in [-0.4, -0.2) is 48.1 Å². The van der Waals surface area contributed by atoms with Crippen molar-refractivity contribution < 1.29 is 33.7 Å². The van der Waals surface area contributed by atoms with Gasteiger partial charge in [-0.2, -0.15) is 0 Å². The molecule has 0 aromatic heterocycles. The van der Waals surface area contributed by atoms with Crippen LogP contribution in [0.15, 0.2) is 53.4 Å². The molecule has 1 aliphatic carbocycles. The third-order valence-corrected chi connectivity index (χ3v) is 5.95. The van der Waals surface area contributed by atoms with Crippen LogP contribution in [-0.2, 0) is 28.5 Å². The van der Waals surface area contributed by atoms with Gasteiger partial charge in [0.25, 0.3) is 11.8 Å². The molecule has 32 heavy (non-hydrogen) atoms. The van der Waals surface area contributed by atoms with E-state index in [0.717, 1.165) is 44.1 Å². The zero-order chi connectivity index (χ0) is 22.7. The van der Waals surface area contributed by atoms with Gasteiger partial charge in [0.2, 0.25) is 5.91 Å². The lowest BCUT2D eigenvalue weighted by atomic mass is 9.98. The maximum atomic E-state index is 12.6. The number of fused-ring (bicyclic) bond motifs is 3. The van der Waals surface area contributed by atoms with Crippen molar-refractivity contribution in [1.82, 2.24) is 4.90 Å². The minimum absolute atomic E-state index is 0.00867. The van der Waals surface area contributed by atoms with Crippen LogP contribution in [0.4, 0.5) is 5.69 Å². The molecule has 2 aromatic carbocycles. The predicted octanol–water partition coefficient (Wildman–Crippen LogP) is 3.13. The molecule has 0 radical (unpaired) electrons. The first kappa shape index (κ1) is 22.2. The Morgan fingerprint density at radius 2 is 1.94 bits per heavy atom. The highest BCUT2D eigenvalue weighted by Crippen LogP contribution is 2.49. The van der Waals surface area contributed by atoms with E-state index in [-0.39, 0.29) is 24.8 Å². The molecule has 10 heteroatoms. The largest absolute Gasteiger partial charge is 0.384 e. The smallest absolute Gasteiger partial charge is 0.253 e. The normalized spacial score (nSPS) is 16.4. The van der Waals surface area contributed by atoms with Crippen molar-refractivity contribution in [2.45, 2.75) is 17.2 Å². The van der Waals surface area contributed by atoms with Gasteiger partial charge in [-0.25, -0.2) is 5.26 Å². The second-order valence-corrected chi connectivity index (χ2v) is 7.99. The molecule has 0 bridgehead atoms. The molecule has 1 unspecified atom stereocenters. The van der Waals surface area contributed by atoms with Crippen LogP contribution >= 0.6 is 12.0 Å². The standard InChI is InChI=1S/C22H20N2O7S/c1-29-12-17-14-3-2-4-18(23-19(25)9-10-24-20(26)7-8-21(24)27)22(14)15-6-5-13(11-16(15)17)32-31-30-28/h2-8,11,17,28H,9-10,12H2,1H3,(H,23,25). The monoisotopic (exact) mass is 456 g/mol. The van der Waals surface area contributed by atoms with Gasteiger partial charge in [0, 0.05) is 54.3 Å². The second kappa shape index (κ2) is 9.63. The van der Waals surface area contributed by atoms with Crippen LogP contribution in [0.2, 0.25) is 0 Å². The molecule has 2 N–H and O–H groups in total. The van der Waals surface area contributed by atoms with Crippen LogP contribution in [0.3, 0.4) is 0 Å². The molecule has 1 heterocycles. The minimum Gasteiger partial charge on any atom is -0.384 e. The van der Waals surface area contributed by atoms with E-state index in [1.807, 2.05) is 36.4 Å². The van der Waals surface area contributed by atoms with E-state index in [4.69, 9.17) is 9.99 Å². The van der Waals surface area contributed by atoms with Gasteiger partial charge in [0.1, 0.15) is 0 Å². The molecular formula is C22H20N2O7S. The average Bonchev–Trinajstić information content (AvgIpc) is 3.28. The number of nitrogens with one attached hydrogen (secondary N) is 1. The van der Waals surface area contributed by atoms with E-state index < -0.39 is 11.8 Å². The Morgan fingerprint density at radius 3 is 2.66 bits per heavy atom. The fraction of sp³-hybridized carbons (Fsp3) is 0.227. The fourth-order valence-corrected chi connectivity index (χ4v) is 4.43. The molecule has 2 aromatic rings. The Hall–Kier alpha value is -3.02. The van der Waals surface area contributed by atoms with Gasteiger partial charge in [-0.1, -0.05) is 23.2 Å². The number of nitrogens with zero attached hydrogens (tertiary/aromatic N) is 1. The molecule has 9 nitrogen and oxygen atoms in total. The third kappa shape index (κ3) is 4.31. The maximum Gasteiger partial charge on any atom is 0.253 e. The first-order valence-electron chi connectivity index (χ1n) is 9.77. The Balaban J connectivity index is 1.57. The van der Waals surface area contributed by atoms with Crippen molar-refractivity contribution >= 4 is 35.5 Å². The van der Waals surface area contributed by atoms with Crippen LogP contribution in [0.25, 0.3) is 11.1 Å². The molecule has 0 saturated carbocycles. The maximum absolute atomic E-state index is 12.6. The topological polar surface area (TPSA) is 114 Å². The van der Waals surface area contributed by atoms with Crippen molar-refractivity contribution in [2.75, 3.05) is 25.6 Å². The van der Waals surface area contributed by atoms with E-state index in [1.165, 1.54) is 12.2 Å². The first-order valence-corrected chi connectivity index (χ1v) is 10.5. The molecular weight excluding hydrogens is 436 g/mol. The summed E-state index contributed by atoms with van der Waals surface area (Å²) in [4.78, 5) is 37.7. The molecule has 4 rings (SSSR count). The Labute approximate surface area is 188 Å². The summed E-state index contributed by atoms with van der Waals surface area (Å²) in [7, 11) is 1.63. The van der Waals surface area contributed by atoms with Crippen LogP contribution in [0.5, 0.6) is 0 Å². The van der Waals surface area contributed by atoms with E-state index in [2.05, 4.69) is 14.7 Å². The van der Waals surface area contributed by atoms with Crippen LogP contribution in [0, 0.1) is 0 Å². The quantitative estimate of drug-likeness (QED) is 0.256. The third-order valence-electron chi connectivity index (χ3n) is 5.37. The molecule has 3 amide bonds. The Bertz CT molecular complexity index is 1080. The molecule has 0 spiro atoms. The van der Waals surface area contributed by atoms with Gasteiger partial charge in [0.05, 0.1) is 18.6 Å². The summed E-state index contributed by atoms with van der Waals surface area (Å²) in [6.45, 7) is 0.455. The summed E-state index contributed by atoms with van der Waals surface area (Å²) >= 11 is 0.872. The number of benzene rings is 2. The lowest BCUT2D eigenvalue weighted by Crippen LogP contribution is -2.33. The summed E-state index contributed by atoms with van der Waals surface area (Å²) in [5.74, 6) is -1.18. The van der Waals surface area contributed by atoms with E-state index >= 15 is 0 Å². The van der Waals surface area contributed by atoms with Gasteiger partial charge in [0.15, 0.2) is 0 Å². The summed E-state index contributed by atoms with van der Waals surface area (Å²) in [6.07, 6.45) is 2.38. The molecule has 1 atom stereocenters. The summed E-state index contributed by atoms with van der Waals surface area (Å²) in [5, 5.41) is 15.0. The SMILES string of the molecule is COCC1c2cc(SOOO)ccc2-c2c(NC(=O)CCN3C(=O)C=CC3=O)cccc21. The first-order chi connectivity index (χ1) is 15.5. The molecule has 1 aliphatic heterocycles. The van der Waals surface area contributed by atoms with Crippen LogP contribution in [0.1, 0.15) is 23.5 Å². The minimum atomic E-state index is -0.413. The number of anilines is 1.